The van der Waals surface area contributed by atoms with E-state index in [4.69, 9.17) is 14.6 Å². The van der Waals surface area contributed by atoms with Gasteiger partial charge in [-0.25, -0.2) is 0 Å². The molecule has 1 aliphatic rings. The van der Waals surface area contributed by atoms with Crippen molar-refractivity contribution in [1.29, 1.82) is 0 Å². The SMILES string of the molecule is CNC(C)(CC(C)OCC1CCOCC1)C(=O)O. The Hall–Kier alpha value is -0.650. The summed E-state index contributed by atoms with van der Waals surface area (Å²) >= 11 is 0. The lowest BCUT2D eigenvalue weighted by Gasteiger charge is -2.29. The first-order valence-corrected chi connectivity index (χ1v) is 6.59. The second-order valence-corrected chi connectivity index (χ2v) is 5.29. The molecule has 1 rings (SSSR count). The standard InChI is InChI=1S/C13H25NO4/c1-10(8-13(2,14-3)12(15)16)18-9-11-4-6-17-7-5-11/h10-11,14H,4-9H2,1-3H3,(H,15,16). The quantitative estimate of drug-likeness (QED) is 0.720. The number of carbonyl (C=O) groups is 1. The third-order valence-electron chi connectivity index (χ3n) is 3.68. The minimum Gasteiger partial charge on any atom is -0.480 e. The van der Waals surface area contributed by atoms with Crippen molar-refractivity contribution >= 4 is 5.97 Å². The Balaban J connectivity index is 2.31. The molecule has 2 unspecified atom stereocenters. The molecule has 2 atom stereocenters. The van der Waals surface area contributed by atoms with Crippen LogP contribution in [-0.4, -0.2) is 49.6 Å². The van der Waals surface area contributed by atoms with Gasteiger partial charge >= 0.3 is 5.97 Å². The van der Waals surface area contributed by atoms with Gasteiger partial charge in [0.05, 0.1) is 6.10 Å². The Labute approximate surface area is 109 Å². The van der Waals surface area contributed by atoms with Crippen LogP contribution in [0, 0.1) is 5.92 Å². The molecule has 1 saturated heterocycles. The third-order valence-corrected chi connectivity index (χ3v) is 3.68. The lowest BCUT2D eigenvalue weighted by Crippen LogP contribution is -2.49. The van der Waals surface area contributed by atoms with Crippen LogP contribution in [0.15, 0.2) is 0 Å². The number of hydrogen-bond donors (Lipinski definition) is 2. The largest absolute Gasteiger partial charge is 0.480 e. The highest BCUT2D eigenvalue weighted by Crippen LogP contribution is 2.19. The average molecular weight is 259 g/mol. The molecule has 0 aliphatic carbocycles. The Morgan fingerprint density at radius 2 is 2.17 bits per heavy atom. The molecule has 5 heteroatoms. The van der Waals surface area contributed by atoms with Gasteiger partial charge in [-0.05, 0) is 39.7 Å². The predicted octanol–water partition coefficient (Wildman–Crippen LogP) is 1.27. The second-order valence-electron chi connectivity index (χ2n) is 5.29. The van der Waals surface area contributed by atoms with E-state index in [0.29, 0.717) is 18.9 Å². The third kappa shape index (κ3) is 4.55. The number of ether oxygens (including phenoxy) is 2. The molecule has 1 aliphatic heterocycles. The van der Waals surface area contributed by atoms with Crippen LogP contribution in [-0.2, 0) is 14.3 Å². The van der Waals surface area contributed by atoms with Crippen LogP contribution >= 0.6 is 0 Å². The smallest absolute Gasteiger partial charge is 0.323 e. The topological polar surface area (TPSA) is 67.8 Å². The number of hydrogen-bond acceptors (Lipinski definition) is 4. The first kappa shape index (κ1) is 15.4. The number of carboxylic acid groups (broad SMARTS) is 1. The Morgan fingerprint density at radius 1 is 1.56 bits per heavy atom. The number of aliphatic carboxylic acids is 1. The molecule has 0 spiro atoms. The predicted molar refractivity (Wildman–Crippen MR) is 68.7 cm³/mol. The highest BCUT2D eigenvalue weighted by Gasteiger charge is 2.33. The van der Waals surface area contributed by atoms with Gasteiger partial charge in [0.25, 0.3) is 0 Å². The van der Waals surface area contributed by atoms with Crippen LogP contribution in [0.5, 0.6) is 0 Å². The van der Waals surface area contributed by atoms with Crippen molar-refractivity contribution in [2.45, 2.75) is 44.8 Å². The molecule has 106 valence electrons. The van der Waals surface area contributed by atoms with E-state index in [1.807, 2.05) is 6.92 Å². The fraction of sp³-hybridized carbons (Fsp3) is 0.923. The van der Waals surface area contributed by atoms with Crippen LogP contribution in [0.2, 0.25) is 0 Å². The summed E-state index contributed by atoms with van der Waals surface area (Å²) in [6.07, 6.45) is 2.47. The summed E-state index contributed by atoms with van der Waals surface area (Å²) in [5.74, 6) is -0.293. The van der Waals surface area contributed by atoms with E-state index < -0.39 is 11.5 Å². The van der Waals surface area contributed by atoms with Gasteiger partial charge in [-0.15, -0.1) is 0 Å². The molecule has 0 aromatic heterocycles. The van der Waals surface area contributed by atoms with Crippen molar-refractivity contribution < 1.29 is 19.4 Å². The molecule has 0 radical (unpaired) electrons. The van der Waals surface area contributed by atoms with Crippen LogP contribution in [0.4, 0.5) is 0 Å². The van der Waals surface area contributed by atoms with Gasteiger partial charge in [-0.3, -0.25) is 4.79 Å². The molecule has 0 amide bonds. The first-order valence-electron chi connectivity index (χ1n) is 6.59. The van der Waals surface area contributed by atoms with Crippen LogP contribution in [0.3, 0.4) is 0 Å². The maximum absolute atomic E-state index is 11.2. The average Bonchev–Trinajstić information content (AvgIpc) is 2.37. The van der Waals surface area contributed by atoms with Crippen molar-refractivity contribution in [2.24, 2.45) is 5.92 Å². The van der Waals surface area contributed by atoms with Crippen LogP contribution in [0.1, 0.15) is 33.1 Å². The summed E-state index contributed by atoms with van der Waals surface area (Å²) in [5, 5.41) is 12.0. The van der Waals surface area contributed by atoms with Crippen molar-refractivity contribution in [3.05, 3.63) is 0 Å². The molecule has 18 heavy (non-hydrogen) atoms. The van der Waals surface area contributed by atoms with E-state index in [1.165, 1.54) is 0 Å². The minimum absolute atomic E-state index is 0.0682. The number of likely N-dealkylation sites (N-methyl/N-ethyl adjacent to an activating group) is 1. The van der Waals surface area contributed by atoms with Gasteiger partial charge in [-0.2, -0.15) is 0 Å². The monoisotopic (exact) mass is 259 g/mol. The Morgan fingerprint density at radius 3 is 2.67 bits per heavy atom. The van der Waals surface area contributed by atoms with Crippen LogP contribution < -0.4 is 5.32 Å². The maximum Gasteiger partial charge on any atom is 0.323 e. The molecular weight excluding hydrogens is 234 g/mol. The molecule has 1 fully saturated rings. The summed E-state index contributed by atoms with van der Waals surface area (Å²) in [6, 6.07) is 0. The number of rotatable bonds is 7. The molecule has 0 bridgehead atoms. The Kier molecular flexibility index (Phi) is 6.05. The van der Waals surface area contributed by atoms with Gasteiger partial charge in [0, 0.05) is 26.2 Å². The number of carboxylic acids is 1. The normalized spacial score (nSPS) is 22.4. The van der Waals surface area contributed by atoms with Gasteiger partial charge in [0.15, 0.2) is 0 Å². The summed E-state index contributed by atoms with van der Waals surface area (Å²) in [7, 11) is 1.67. The summed E-state index contributed by atoms with van der Waals surface area (Å²) in [4.78, 5) is 11.2. The second kappa shape index (κ2) is 7.07. The van der Waals surface area contributed by atoms with E-state index in [2.05, 4.69) is 5.32 Å². The van der Waals surface area contributed by atoms with Crippen molar-refractivity contribution in [1.82, 2.24) is 5.32 Å². The fourth-order valence-electron chi connectivity index (χ4n) is 2.14. The van der Waals surface area contributed by atoms with E-state index in [0.717, 1.165) is 26.1 Å². The molecule has 2 N–H and O–H groups in total. The summed E-state index contributed by atoms with van der Waals surface area (Å²) < 4.78 is 11.1. The Bertz CT molecular complexity index is 266. The van der Waals surface area contributed by atoms with E-state index in [9.17, 15) is 4.79 Å². The molecule has 1 heterocycles. The van der Waals surface area contributed by atoms with Gasteiger partial charge in [-0.1, -0.05) is 0 Å². The van der Waals surface area contributed by atoms with Gasteiger partial charge in [0.2, 0.25) is 0 Å². The minimum atomic E-state index is -0.922. The van der Waals surface area contributed by atoms with Crippen molar-refractivity contribution in [2.75, 3.05) is 26.9 Å². The van der Waals surface area contributed by atoms with Gasteiger partial charge < -0.3 is 19.9 Å². The zero-order chi connectivity index (χ0) is 13.6. The zero-order valence-electron chi connectivity index (χ0n) is 11.6. The lowest BCUT2D eigenvalue weighted by molar-refractivity contribution is -0.145. The molecule has 0 aromatic carbocycles. The van der Waals surface area contributed by atoms with Crippen LogP contribution in [0.25, 0.3) is 0 Å². The van der Waals surface area contributed by atoms with E-state index in [1.54, 1.807) is 14.0 Å². The summed E-state index contributed by atoms with van der Waals surface area (Å²) in [5.41, 5.74) is -0.922. The maximum atomic E-state index is 11.2. The highest BCUT2D eigenvalue weighted by molar-refractivity contribution is 5.78. The molecule has 0 saturated carbocycles. The molecule has 0 aromatic rings. The highest BCUT2D eigenvalue weighted by atomic mass is 16.5. The molecule has 5 nitrogen and oxygen atoms in total. The first-order chi connectivity index (χ1) is 8.48. The lowest BCUT2D eigenvalue weighted by atomic mass is 9.95. The van der Waals surface area contributed by atoms with E-state index >= 15 is 0 Å². The number of nitrogens with one attached hydrogen (secondary N) is 1. The summed E-state index contributed by atoms with van der Waals surface area (Å²) in [6.45, 7) is 5.93. The zero-order valence-corrected chi connectivity index (χ0v) is 11.6. The van der Waals surface area contributed by atoms with Crippen molar-refractivity contribution in [3.8, 4) is 0 Å². The van der Waals surface area contributed by atoms with Gasteiger partial charge in [0.1, 0.15) is 5.54 Å². The molecular formula is C13H25NO4. The fourth-order valence-corrected chi connectivity index (χ4v) is 2.14. The van der Waals surface area contributed by atoms with E-state index in [-0.39, 0.29) is 6.10 Å². The van der Waals surface area contributed by atoms with Crippen molar-refractivity contribution in [3.63, 3.8) is 0 Å².